The third-order valence-corrected chi connectivity index (χ3v) is 1.66. The number of nitrogens with zero attached hydrogens (tertiary/aromatic N) is 3. The zero-order valence-corrected chi connectivity index (χ0v) is 6.71. The van der Waals surface area contributed by atoms with Crippen molar-refractivity contribution in [3.63, 3.8) is 0 Å². The van der Waals surface area contributed by atoms with Gasteiger partial charge in [-0.1, -0.05) is 5.16 Å². The Balaban J connectivity index is 2.00. The first-order valence-electron chi connectivity index (χ1n) is 3.73. The van der Waals surface area contributed by atoms with Crippen LogP contribution in [0, 0.1) is 0 Å². The van der Waals surface area contributed by atoms with Crippen LogP contribution in [0.25, 0.3) is 0 Å². The Morgan fingerprint density at radius 2 is 2.62 bits per heavy atom. The lowest BCUT2D eigenvalue weighted by Crippen LogP contribution is -2.34. The van der Waals surface area contributed by atoms with Crippen LogP contribution < -0.4 is 5.73 Å². The van der Waals surface area contributed by atoms with E-state index in [1.165, 1.54) is 6.33 Å². The van der Waals surface area contributed by atoms with Crippen LogP contribution in [0.3, 0.4) is 0 Å². The van der Waals surface area contributed by atoms with Crippen LogP contribution in [-0.2, 0) is 16.2 Å². The van der Waals surface area contributed by atoms with Crippen molar-refractivity contribution in [2.45, 2.75) is 12.6 Å². The molecular weight excluding hydrogens is 176 g/mol. The third kappa shape index (κ3) is 1.51. The van der Waals surface area contributed by atoms with Gasteiger partial charge in [0.1, 0.15) is 12.6 Å². The second-order valence-electron chi connectivity index (χ2n) is 2.61. The normalized spacial score (nSPS) is 22.7. The van der Waals surface area contributed by atoms with Crippen molar-refractivity contribution in [2.75, 3.05) is 6.61 Å². The highest BCUT2D eigenvalue weighted by Gasteiger charge is 2.31. The Hall–Kier alpha value is -1.47. The van der Waals surface area contributed by atoms with Crippen LogP contribution in [-0.4, -0.2) is 33.8 Å². The van der Waals surface area contributed by atoms with Gasteiger partial charge in [0.05, 0.1) is 6.61 Å². The predicted molar refractivity (Wildman–Crippen MR) is 38.8 cm³/mol. The first-order valence-corrected chi connectivity index (χ1v) is 3.73. The van der Waals surface area contributed by atoms with Gasteiger partial charge < -0.3 is 10.3 Å². The summed E-state index contributed by atoms with van der Waals surface area (Å²) in [6.45, 7) is 0.347. The number of carbonyl (C=O) groups excluding carboxylic acids is 1. The van der Waals surface area contributed by atoms with Gasteiger partial charge in [-0.2, -0.15) is 4.98 Å². The van der Waals surface area contributed by atoms with Gasteiger partial charge in [0.15, 0.2) is 6.33 Å². The van der Waals surface area contributed by atoms with Crippen molar-refractivity contribution >= 4 is 5.91 Å². The van der Waals surface area contributed by atoms with Crippen molar-refractivity contribution in [1.82, 2.24) is 15.2 Å². The van der Waals surface area contributed by atoms with E-state index in [2.05, 4.69) is 10.1 Å². The molecule has 0 aromatic carbocycles. The second kappa shape index (κ2) is 3.11. The molecule has 1 aromatic heterocycles. The van der Waals surface area contributed by atoms with Crippen LogP contribution in [0.5, 0.6) is 0 Å². The topological polar surface area (TPSA) is 94.5 Å². The smallest absolute Gasteiger partial charge is 0.265 e. The minimum atomic E-state index is -0.581. The fourth-order valence-electron chi connectivity index (χ4n) is 1.00. The molecule has 7 nitrogen and oxygen atoms in total. The Morgan fingerprint density at radius 3 is 3.15 bits per heavy atom. The van der Waals surface area contributed by atoms with Gasteiger partial charge in [-0.15, -0.1) is 0 Å². The zero-order valence-electron chi connectivity index (χ0n) is 6.71. The molecule has 70 valence electrons. The zero-order chi connectivity index (χ0) is 9.26. The van der Waals surface area contributed by atoms with Gasteiger partial charge in [-0.3, -0.25) is 9.63 Å². The van der Waals surface area contributed by atoms with E-state index in [0.29, 0.717) is 5.89 Å². The number of hydrogen-bond donors (Lipinski definition) is 1. The summed E-state index contributed by atoms with van der Waals surface area (Å²) in [6.07, 6.45) is 1.26. The Kier molecular flexibility index (Phi) is 1.95. The van der Waals surface area contributed by atoms with E-state index >= 15 is 0 Å². The summed E-state index contributed by atoms with van der Waals surface area (Å²) in [5.74, 6) is 0.0562. The maximum Gasteiger partial charge on any atom is 0.265 e. The van der Waals surface area contributed by atoms with Crippen molar-refractivity contribution in [3.05, 3.63) is 12.2 Å². The number of aromatic nitrogens is 2. The van der Waals surface area contributed by atoms with E-state index in [9.17, 15) is 4.79 Å². The number of carbonyl (C=O) groups is 1. The summed E-state index contributed by atoms with van der Waals surface area (Å²) >= 11 is 0. The lowest BCUT2D eigenvalue weighted by atomic mass is 10.3. The fraction of sp³-hybridized carbons (Fsp3) is 0.500. The number of nitrogens with two attached hydrogens (primary N) is 1. The maximum absolute atomic E-state index is 11.2. The summed E-state index contributed by atoms with van der Waals surface area (Å²) in [7, 11) is 0. The van der Waals surface area contributed by atoms with Crippen LogP contribution in [0.1, 0.15) is 5.89 Å². The van der Waals surface area contributed by atoms with E-state index in [4.69, 9.17) is 15.1 Å². The predicted octanol–water partition coefficient (Wildman–Crippen LogP) is -1.33. The Bertz CT molecular complexity index is 299. The molecule has 1 aromatic rings. The number of rotatable bonds is 2. The highest BCUT2D eigenvalue weighted by molar-refractivity contribution is 5.82. The molecule has 13 heavy (non-hydrogen) atoms. The highest BCUT2D eigenvalue weighted by atomic mass is 16.7. The van der Waals surface area contributed by atoms with Crippen molar-refractivity contribution < 1.29 is 14.2 Å². The largest absolute Gasteiger partial charge is 0.338 e. The Labute approximate surface area is 73.4 Å². The molecule has 2 heterocycles. The summed E-state index contributed by atoms with van der Waals surface area (Å²) in [5, 5.41) is 4.52. The van der Waals surface area contributed by atoms with E-state index in [1.54, 1.807) is 0 Å². The molecule has 0 aliphatic carbocycles. The average molecular weight is 184 g/mol. The number of hydrogen-bond acceptors (Lipinski definition) is 6. The van der Waals surface area contributed by atoms with E-state index in [-0.39, 0.29) is 19.1 Å². The molecule has 0 bridgehead atoms. The standard InChI is InChI=1S/C6H8N4O3/c7-4-2-12-10(6(4)11)1-5-8-3-9-13-5/h3-4H,1-2,7H2. The fourth-order valence-corrected chi connectivity index (χ4v) is 1.00. The molecule has 0 spiro atoms. The molecule has 1 aliphatic heterocycles. The van der Waals surface area contributed by atoms with Crippen molar-refractivity contribution in [2.24, 2.45) is 5.73 Å². The second-order valence-corrected chi connectivity index (χ2v) is 2.61. The summed E-state index contributed by atoms with van der Waals surface area (Å²) in [4.78, 5) is 19.9. The van der Waals surface area contributed by atoms with Gasteiger partial charge in [-0.25, -0.2) is 5.06 Å². The molecule has 0 radical (unpaired) electrons. The summed E-state index contributed by atoms with van der Waals surface area (Å²) < 4.78 is 4.70. The summed E-state index contributed by atoms with van der Waals surface area (Å²) in [6, 6.07) is -0.581. The monoisotopic (exact) mass is 184 g/mol. The van der Waals surface area contributed by atoms with Gasteiger partial charge >= 0.3 is 0 Å². The third-order valence-electron chi connectivity index (χ3n) is 1.66. The van der Waals surface area contributed by atoms with Crippen molar-refractivity contribution in [1.29, 1.82) is 0 Å². The molecular formula is C6H8N4O3. The van der Waals surface area contributed by atoms with Gasteiger partial charge in [0, 0.05) is 0 Å². The first kappa shape index (κ1) is 8.14. The van der Waals surface area contributed by atoms with Gasteiger partial charge in [0.25, 0.3) is 5.91 Å². The lowest BCUT2D eigenvalue weighted by Gasteiger charge is -2.10. The van der Waals surface area contributed by atoms with Crippen LogP contribution in [0.2, 0.25) is 0 Å². The minimum Gasteiger partial charge on any atom is -0.338 e. The number of hydroxylamine groups is 2. The molecule has 2 rings (SSSR count). The van der Waals surface area contributed by atoms with E-state index in [0.717, 1.165) is 5.06 Å². The molecule has 1 aliphatic rings. The van der Waals surface area contributed by atoms with E-state index in [1.807, 2.05) is 0 Å². The van der Waals surface area contributed by atoms with Crippen LogP contribution in [0.15, 0.2) is 10.9 Å². The first-order chi connectivity index (χ1) is 6.27. The molecule has 0 saturated carbocycles. The average Bonchev–Trinajstić information content (AvgIpc) is 2.71. The molecule has 1 saturated heterocycles. The molecule has 2 N–H and O–H groups in total. The molecule has 1 unspecified atom stereocenters. The minimum absolute atomic E-state index is 0.145. The quantitative estimate of drug-likeness (QED) is 0.612. The highest BCUT2D eigenvalue weighted by Crippen LogP contribution is 2.09. The molecule has 1 amide bonds. The molecule has 7 heteroatoms. The summed E-state index contributed by atoms with van der Waals surface area (Å²) in [5.41, 5.74) is 5.41. The molecule has 1 fully saturated rings. The maximum atomic E-state index is 11.2. The van der Waals surface area contributed by atoms with E-state index < -0.39 is 6.04 Å². The van der Waals surface area contributed by atoms with Crippen molar-refractivity contribution in [3.8, 4) is 0 Å². The van der Waals surface area contributed by atoms with Gasteiger partial charge in [0.2, 0.25) is 5.89 Å². The van der Waals surface area contributed by atoms with Crippen LogP contribution >= 0.6 is 0 Å². The SMILES string of the molecule is NC1CON(Cc2ncno2)C1=O. The Morgan fingerprint density at radius 1 is 1.77 bits per heavy atom. The lowest BCUT2D eigenvalue weighted by molar-refractivity contribution is -0.166. The van der Waals surface area contributed by atoms with Gasteiger partial charge in [-0.05, 0) is 0 Å². The number of amides is 1. The molecule has 1 atom stereocenters. The van der Waals surface area contributed by atoms with Crippen LogP contribution in [0.4, 0.5) is 0 Å².